The van der Waals surface area contributed by atoms with E-state index in [1.54, 1.807) is 25.3 Å². The van der Waals surface area contributed by atoms with Gasteiger partial charge in [0.05, 0.1) is 12.6 Å². The number of aromatic nitrogens is 2. The zero-order valence-electron chi connectivity index (χ0n) is 13.9. The summed E-state index contributed by atoms with van der Waals surface area (Å²) in [5.41, 5.74) is 1.04. The van der Waals surface area contributed by atoms with Crippen molar-refractivity contribution < 1.29 is 9.18 Å². The first-order valence-electron chi connectivity index (χ1n) is 8.02. The van der Waals surface area contributed by atoms with E-state index in [9.17, 15) is 9.18 Å². The van der Waals surface area contributed by atoms with E-state index in [1.807, 2.05) is 17.8 Å². The van der Waals surface area contributed by atoms with Crippen LogP contribution in [-0.4, -0.2) is 46.5 Å². The smallest absolute Gasteiger partial charge is 0.238 e. The SMILES string of the molecule is Cc1ccc(NC(=O)CN2CCNCC2c2nccn2C)cc1F. The Morgan fingerprint density at radius 3 is 3.04 bits per heavy atom. The maximum absolute atomic E-state index is 13.6. The monoisotopic (exact) mass is 331 g/mol. The van der Waals surface area contributed by atoms with Crippen LogP contribution < -0.4 is 10.6 Å². The van der Waals surface area contributed by atoms with Crippen molar-refractivity contribution in [2.24, 2.45) is 7.05 Å². The van der Waals surface area contributed by atoms with Crippen LogP contribution in [0, 0.1) is 12.7 Å². The van der Waals surface area contributed by atoms with Crippen LogP contribution in [0.15, 0.2) is 30.6 Å². The summed E-state index contributed by atoms with van der Waals surface area (Å²) in [6, 6.07) is 4.76. The number of imidazole rings is 1. The molecule has 1 aromatic carbocycles. The molecular weight excluding hydrogens is 309 g/mol. The van der Waals surface area contributed by atoms with Crippen molar-refractivity contribution in [2.75, 3.05) is 31.5 Å². The van der Waals surface area contributed by atoms with E-state index in [0.717, 1.165) is 25.5 Å². The third-order valence-electron chi connectivity index (χ3n) is 4.31. The average molecular weight is 331 g/mol. The maximum Gasteiger partial charge on any atom is 0.238 e. The number of hydrogen-bond acceptors (Lipinski definition) is 4. The summed E-state index contributed by atoms with van der Waals surface area (Å²) in [7, 11) is 1.95. The van der Waals surface area contributed by atoms with Crippen LogP contribution in [0.2, 0.25) is 0 Å². The topological polar surface area (TPSA) is 62.2 Å². The second kappa shape index (κ2) is 7.11. The lowest BCUT2D eigenvalue weighted by Gasteiger charge is -2.35. The van der Waals surface area contributed by atoms with Gasteiger partial charge in [-0.1, -0.05) is 6.07 Å². The molecule has 1 atom stereocenters. The minimum atomic E-state index is -0.319. The van der Waals surface area contributed by atoms with Gasteiger partial charge < -0.3 is 15.2 Å². The highest BCUT2D eigenvalue weighted by Crippen LogP contribution is 2.20. The molecule has 2 aromatic rings. The number of nitrogens with zero attached hydrogens (tertiary/aromatic N) is 3. The lowest BCUT2D eigenvalue weighted by Crippen LogP contribution is -2.49. The molecule has 1 aromatic heterocycles. The highest BCUT2D eigenvalue weighted by Gasteiger charge is 2.28. The van der Waals surface area contributed by atoms with Gasteiger partial charge >= 0.3 is 0 Å². The van der Waals surface area contributed by atoms with Crippen LogP contribution in [0.1, 0.15) is 17.4 Å². The number of benzene rings is 1. The van der Waals surface area contributed by atoms with Crippen LogP contribution in [0.5, 0.6) is 0 Å². The standard InChI is InChI=1S/C17H22FN5O/c1-12-3-4-13(9-14(12)18)21-16(24)11-23-8-5-19-10-15(23)17-20-6-7-22(17)2/h3-4,6-7,9,15,19H,5,8,10-11H2,1-2H3,(H,21,24). The summed E-state index contributed by atoms with van der Waals surface area (Å²) in [4.78, 5) is 18.9. The summed E-state index contributed by atoms with van der Waals surface area (Å²) in [6.07, 6.45) is 3.66. The quantitative estimate of drug-likeness (QED) is 0.890. The summed E-state index contributed by atoms with van der Waals surface area (Å²) in [6.45, 7) is 4.27. The molecule has 3 rings (SSSR count). The molecule has 2 N–H and O–H groups in total. The molecule has 24 heavy (non-hydrogen) atoms. The number of carbonyl (C=O) groups is 1. The van der Waals surface area contributed by atoms with Gasteiger partial charge in [-0.05, 0) is 24.6 Å². The van der Waals surface area contributed by atoms with Crippen molar-refractivity contribution in [1.29, 1.82) is 0 Å². The number of amides is 1. The Labute approximate surface area is 140 Å². The molecule has 1 aliphatic rings. The second-order valence-corrected chi connectivity index (χ2v) is 6.10. The van der Waals surface area contributed by atoms with Crippen LogP contribution in [0.25, 0.3) is 0 Å². The molecule has 1 aliphatic heterocycles. The molecule has 0 spiro atoms. The van der Waals surface area contributed by atoms with E-state index < -0.39 is 0 Å². The van der Waals surface area contributed by atoms with Crippen molar-refractivity contribution in [3.8, 4) is 0 Å². The van der Waals surface area contributed by atoms with Gasteiger partial charge in [0, 0.05) is 44.8 Å². The van der Waals surface area contributed by atoms with Gasteiger partial charge in [0.1, 0.15) is 11.6 Å². The number of halogens is 1. The van der Waals surface area contributed by atoms with Crippen LogP contribution in [0.3, 0.4) is 0 Å². The lowest BCUT2D eigenvalue weighted by molar-refractivity contribution is -0.118. The van der Waals surface area contributed by atoms with E-state index in [0.29, 0.717) is 11.3 Å². The van der Waals surface area contributed by atoms with Crippen molar-refractivity contribution in [3.63, 3.8) is 0 Å². The van der Waals surface area contributed by atoms with E-state index in [-0.39, 0.29) is 24.3 Å². The van der Waals surface area contributed by atoms with Crippen molar-refractivity contribution in [2.45, 2.75) is 13.0 Å². The zero-order chi connectivity index (χ0) is 17.1. The average Bonchev–Trinajstić information content (AvgIpc) is 2.97. The molecular formula is C17H22FN5O. The first-order chi connectivity index (χ1) is 11.5. The fourth-order valence-electron chi connectivity index (χ4n) is 2.94. The van der Waals surface area contributed by atoms with Gasteiger partial charge in [-0.3, -0.25) is 9.69 Å². The number of aryl methyl sites for hydroxylation is 2. The van der Waals surface area contributed by atoms with Gasteiger partial charge in [-0.2, -0.15) is 0 Å². The van der Waals surface area contributed by atoms with Crippen molar-refractivity contribution >= 4 is 11.6 Å². The summed E-state index contributed by atoms with van der Waals surface area (Å²) >= 11 is 0. The molecule has 0 radical (unpaired) electrons. The molecule has 1 saturated heterocycles. The Balaban J connectivity index is 1.67. The van der Waals surface area contributed by atoms with E-state index in [2.05, 4.69) is 20.5 Å². The Morgan fingerprint density at radius 2 is 2.33 bits per heavy atom. The largest absolute Gasteiger partial charge is 0.337 e. The van der Waals surface area contributed by atoms with E-state index in [1.165, 1.54) is 6.07 Å². The summed E-state index contributed by atoms with van der Waals surface area (Å²) < 4.78 is 15.6. The molecule has 0 bridgehead atoms. The number of piperazine rings is 1. The van der Waals surface area contributed by atoms with Crippen molar-refractivity contribution in [1.82, 2.24) is 19.8 Å². The Morgan fingerprint density at radius 1 is 1.50 bits per heavy atom. The van der Waals surface area contributed by atoms with Crippen LogP contribution in [0.4, 0.5) is 10.1 Å². The molecule has 0 saturated carbocycles. The normalized spacial score (nSPS) is 18.5. The third-order valence-corrected chi connectivity index (χ3v) is 4.31. The van der Waals surface area contributed by atoms with Crippen LogP contribution >= 0.6 is 0 Å². The predicted molar refractivity (Wildman–Crippen MR) is 90.2 cm³/mol. The molecule has 1 fully saturated rings. The van der Waals surface area contributed by atoms with Gasteiger partial charge in [0.25, 0.3) is 0 Å². The summed E-state index contributed by atoms with van der Waals surface area (Å²) in [5, 5.41) is 6.11. The molecule has 128 valence electrons. The fourth-order valence-corrected chi connectivity index (χ4v) is 2.94. The molecule has 0 aliphatic carbocycles. The van der Waals surface area contributed by atoms with Crippen LogP contribution in [-0.2, 0) is 11.8 Å². The number of anilines is 1. The number of hydrogen-bond donors (Lipinski definition) is 2. The third kappa shape index (κ3) is 3.63. The number of carbonyl (C=O) groups excluding carboxylic acids is 1. The number of nitrogens with one attached hydrogen (secondary N) is 2. The molecule has 1 unspecified atom stereocenters. The highest BCUT2D eigenvalue weighted by molar-refractivity contribution is 5.92. The molecule has 6 nitrogen and oxygen atoms in total. The first kappa shape index (κ1) is 16.6. The summed E-state index contributed by atoms with van der Waals surface area (Å²) in [5.74, 6) is 0.455. The second-order valence-electron chi connectivity index (χ2n) is 6.10. The van der Waals surface area contributed by atoms with Gasteiger partial charge in [-0.25, -0.2) is 9.37 Å². The minimum Gasteiger partial charge on any atom is -0.337 e. The number of rotatable bonds is 4. The molecule has 2 heterocycles. The van der Waals surface area contributed by atoms with Crippen molar-refractivity contribution in [3.05, 3.63) is 47.8 Å². The predicted octanol–water partition coefficient (Wildman–Crippen LogP) is 1.45. The Hall–Kier alpha value is -2.25. The lowest BCUT2D eigenvalue weighted by atomic mass is 10.1. The fraction of sp³-hybridized carbons (Fsp3) is 0.412. The first-order valence-corrected chi connectivity index (χ1v) is 8.02. The van der Waals surface area contributed by atoms with E-state index >= 15 is 0 Å². The van der Waals surface area contributed by atoms with Gasteiger partial charge in [0.2, 0.25) is 5.91 Å². The maximum atomic E-state index is 13.6. The Bertz CT molecular complexity index is 730. The molecule has 7 heteroatoms. The van der Waals surface area contributed by atoms with Gasteiger partial charge in [-0.15, -0.1) is 0 Å². The zero-order valence-corrected chi connectivity index (χ0v) is 13.9. The van der Waals surface area contributed by atoms with E-state index in [4.69, 9.17) is 0 Å². The minimum absolute atomic E-state index is 0.0410. The Kier molecular flexibility index (Phi) is 4.92. The van der Waals surface area contributed by atoms with Gasteiger partial charge in [0.15, 0.2) is 0 Å². The molecule has 1 amide bonds. The highest BCUT2D eigenvalue weighted by atomic mass is 19.1.